The largest absolute Gasteiger partial charge is 0.534 e. The van der Waals surface area contributed by atoms with Crippen molar-refractivity contribution in [1.82, 2.24) is 5.32 Å². The number of amides is 1. The van der Waals surface area contributed by atoms with Crippen molar-refractivity contribution in [2.45, 2.75) is 49.5 Å². The summed E-state index contributed by atoms with van der Waals surface area (Å²) in [6.45, 7) is 0.378. The van der Waals surface area contributed by atoms with Crippen molar-refractivity contribution in [2.24, 2.45) is 11.8 Å². The van der Waals surface area contributed by atoms with Gasteiger partial charge in [0.25, 0.3) is 0 Å². The van der Waals surface area contributed by atoms with E-state index in [2.05, 4.69) is 9.50 Å². The molecule has 1 aliphatic heterocycles. The molecule has 31 heavy (non-hydrogen) atoms. The minimum atomic E-state index is -5.94. The van der Waals surface area contributed by atoms with Gasteiger partial charge in [-0.25, -0.2) is 8.78 Å². The molecule has 1 saturated heterocycles. The maximum atomic E-state index is 13.7. The van der Waals surface area contributed by atoms with Gasteiger partial charge < -0.3 is 9.50 Å². The number of halogens is 7. The molecule has 0 aromatic heterocycles. The van der Waals surface area contributed by atoms with Crippen molar-refractivity contribution in [1.29, 1.82) is 0 Å². The molecule has 2 fully saturated rings. The summed E-state index contributed by atoms with van der Waals surface area (Å²) in [6, 6.07) is 1.73. The first-order valence-corrected chi connectivity index (χ1v) is 11.5. The first-order chi connectivity index (χ1) is 14.2. The zero-order valence-electron chi connectivity index (χ0n) is 15.8. The molecule has 174 valence electrons. The lowest BCUT2D eigenvalue weighted by atomic mass is 9.69. The molecule has 1 aromatic rings. The van der Waals surface area contributed by atoms with Gasteiger partial charge in [-0.1, -0.05) is 23.2 Å². The highest BCUT2D eigenvalue weighted by molar-refractivity contribution is 7.88. The summed E-state index contributed by atoms with van der Waals surface area (Å²) in [5, 5.41) is 2.26. The number of hydrogen-bond acceptors (Lipinski definition) is 4. The van der Waals surface area contributed by atoms with Gasteiger partial charge in [0, 0.05) is 53.4 Å². The van der Waals surface area contributed by atoms with Gasteiger partial charge in [-0.15, -0.1) is 0 Å². The van der Waals surface area contributed by atoms with Gasteiger partial charge in [0.2, 0.25) is 11.8 Å². The molecule has 2 atom stereocenters. The minimum absolute atomic E-state index is 0.106. The summed E-state index contributed by atoms with van der Waals surface area (Å²) in [7, 11) is -5.94. The molecule has 5 nitrogen and oxygen atoms in total. The van der Waals surface area contributed by atoms with E-state index in [0.29, 0.717) is 13.0 Å². The van der Waals surface area contributed by atoms with Gasteiger partial charge in [-0.3, -0.25) is 4.79 Å². The van der Waals surface area contributed by atoms with Gasteiger partial charge in [-0.05, 0) is 30.7 Å². The molecule has 1 saturated carbocycles. The van der Waals surface area contributed by atoms with Crippen molar-refractivity contribution in [2.75, 3.05) is 6.54 Å². The normalized spacial score (nSPS) is 23.5. The third-order valence-corrected chi connectivity index (χ3v) is 7.27. The lowest BCUT2D eigenvalue weighted by Gasteiger charge is -2.37. The fourth-order valence-electron chi connectivity index (χ4n) is 4.24. The highest BCUT2D eigenvalue weighted by Gasteiger charge is 2.49. The zero-order chi connectivity index (χ0) is 23.2. The Morgan fingerprint density at radius 1 is 1.10 bits per heavy atom. The molecule has 3 rings (SSSR count). The molecule has 1 N–H and O–H groups in total. The molecular formula is C18H18Cl2F5NO4S. The first-order valence-electron chi connectivity index (χ1n) is 9.37. The Morgan fingerprint density at radius 3 is 2.10 bits per heavy atom. The number of rotatable bonds is 5. The smallest absolute Gasteiger partial charge is 0.376 e. The van der Waals surface area contributed by atoms with Crippen LogP contribution in [0, 0.1) is 11.8 Å². The van der Waals surface area contributed by atoms with Gasteiger partial charge >= 0.3 is 15.6 Å². The number of benzene rings is 1. The van der Waals surface area contributed by atoms with E-state index in [0.717, 1.165) is 12.1 Å². The average Bonchev–Trinajstić information content (AvgIpc) is 3.03. The summed E-state index contributed by atoms with van der Waals surface area (Å²) >= 11 is 12.5. The quantitative estimate of drug-likeness (QED) is 0.333. The van der Waals surface area contributed by atoms with Crippen LogP contribution in [0.3, 0.4) is 0 Å². The SMILES string of the molecule is O=C1NCCC1[C@H](c1c(Cl)cc(OS(=O)(=O)C(F)(F)F)cc1Cl)C1CCC(F)(F)CC1. The second-order valence-electron chi connectivity index (χ2n) is 7.69. The first kappa shape index (κ1) is 24.3. The molecule has 0 bridgehead atoms. The number of hydrogen-bond donors (Lipinski definition) is 1. The fraction of sp³-hybridized carbons (Fsp3) is 0.611. The van der Waals surface area contributed by atoms with Gasteiger partial charge in [-0.2, -0.15) is 21.6 Å². The van der Waals surface area contributed by atoms with Crippen LogP contribution in [0.5, 0.6) is 5.75 Å². The van der Waals surface area contributed by atoms with E-state index in [1.54, 1.807) is 0 Å². The van der Waals surface area contributed by atoms with E-state index in [1.807, 2.05) is 0 Å². The van der Waals surface area contributed by atoms with Crippen LogP contribution >= 0.6 is 23.2 Å². The molecule has 1 aliphatic carbocycles. The Bertz CT molecular complexity index is 937. The molecule has 2 aliphatic rings. The number of alkyl halides is 5. The summed E-state index contributed by atoms with van der Waals surface area (Å²) in [6.07, 6.45) is -0.126. The highest BCUT2D eigenvalue weighted by atomic mass is 35.5. The van der Waals surface area contributed by atoms with Crippen LogP contribution in [0.2, 0.25) is 10.0 Å². The Kier molecular flexibility index (Phi) is 6.71. The predicted octanol–water partition coefficient (Wildman–Crippen LogP) is 5.27. The van der Waals surface area contributed by atoms with E-state index < -0.39 is 39.1 Å². The van der Waals surface area contributed by atoms with Gasteiger partial charge in [0.15, 0.2) is 0 Å². The lowest BCUT2D eigenvalue weighted by molar-refractivity contribution is -0.123. The van der Waals surface area contributed by atoms with Gasteiger partial charge in [0.05, 0.1) is 0 Å². The topological polar surface area (TPSA) is 72.5 Å². The molecular weight excluding hydrogens is 492 g/mol. The minimum Gasteiger partial charge on any atom is -0.376 e. The van der Waals surface area contributed by atoms with Crippen molar-refractivity contribution in [3.63, 3.8) is 0 Å². The Labute approximate surface area is 185 Å². The standard InChI is InChI=1S/C18H18Cl2F5NO4S/c19-12-7-10(30-31(28,29)18(23,24)25)8-13(20)15(12)14(11-3-6-26-16(11)27)9-1-4-17(21,22)5-2-9/h7-9,11,14H,1-6H2,(H,26,27)/t11?,14-/m1/s1. The second kappa shape index (κ2) is 8.55. The fourth-order valence-corrected chi connectivity index (χ4v) is 5.41. The highest BCUT2D eigenvalue weighted by Crippen LogP contribution is 2.50. The summed E-state index contributed by atoms with van der Waals surface area (Å²) in [4.78, 5) is 12.4. The van der Waals surface area contributed by atoms with Crippen LogP contribution in [0.25, 0.3) is 0 Å². The van der Waals surface area contributed by atoms with E-state index >= 15 is 0 Å². The van der Waals surface area contributed by atoms with E-state index in [1.165, 1.54) is 0 Å². The number of carbonyl (C=O) groups is 1. The third kappa shape index (κ3) is 5.19. The Hall–Kier alpha value is -1.33. The van der Waals surface area contributed by atoms with Crippen LogP contribution in [0.1, 0.15) is 43.6 Å². The molecule has 13 heteroatoms. The lowest BCUT2D eigenvalue weighted by Crippen LogP contribution is -2.33. The molecule has 1 heterocycles. The van der Waals surface area contributed by atoms with Crippen molar-refractivity contribution < 1.29 is 39.3 Å². The Balaban J connectivity index is 1.99. The molecule has 0 radical (unpaired) electrons. The van der Waals surface area contributed by atoms with E-state index in [9.17, 15) is 35.2 Å². The van der Waals surface area contributed by atoms with Crippen LogP contribution < -0.4 is 9.50 Å². The molecule has 1 amide bonds. The second-order valence-corrected chi connectivity index (χ2v) is 10.0. The van der Waals surface area contributed by atoms with Crippen molar-refractivity contribution in [3.05, 3.63) is 27.7 Å². The van der Waals surface area contributed by atoms with Crippen molar-refractivity contribution >= 4 is 39.2 Å². The van der Waals surface area contributed by atoms with Crippen LogP contribution in [-0.2, 0) is 14.9 Å². The van der Waals surface area contributed by atoms with E-state index in [4.69, 9.17) is 23.2 Å². The third-order valence-electron chi connectivity index (χ3n) is 5.67. The van der Waals surface area contributed by atoms with Crippen molar-refractivity contribution in [3.8, 4) is 5.75 Å². The van der Waals surface area contributed by atoms with Crippen LogP contribution in [-0.4, -0.2) is 32.3 Å². The maximum absolute atomic E-state index is 13.7. The molecule has 1 aromatic carbocycles. The average molecular weight is 510 g/mol. The molecule has 0 spiro atoms. The monoisotopic (exact) mass is 509 g/mol. The number of carbonyl (C=O) groups excluding carboxylic acids is 1. The van der Waals surface area contributed by atoms with Crippen LogP contribution in [0.15, 0.2) is 12.1 Å². The summed E-state index contributed by atoms with van der Waals surface area (Å²) < 4.78 is 91.7. The zero-order valence-corrected chi connectivity index (χ0v) is 18.1. The maximum Gasteiger partial charge on any atom is 0.534 e. The summed E-state index contributed by atoms with van der Waals surface area (Å²) in [5.74, 6) is -5.50. The molecule has 1 unspecified atom stereocenters. The predicted molar refractivity (Wildman–Crippen MR) is 103 cm³/mol. The number of nitrogens with one attached hydrogen (secondary N) is 1. The van der Waals surface area contributed by atoms with Gasteiger partial charge in [0.1, 0.15) is 5.75 Å². The van der Waals surface area contributed by atoms with E-state index in [-0.39, 0.29) is 53.1 Å². The Morgan fingerprint density at radius 2 is 1.65 bits per heavy atom. The van der Waals surface area contributed by atoms with Crippen LogP contribution in [0.4, 0.5) is 22.0 Å². The summed E-state index contributed by atoms with van der Waals surface area (Å²) in [5.41, 5.74) is -5.44.